The van der Waals surface area contributed by atoms with Gasteiger partial charge in [0.15, 0.2) is 6.61 Å². The van der Waals surface area contributed by atoms with Gasteiger partial charge in [-0.05, 0) is 41.5 Å². The van der Waals surface area contributed by atoms with Gasteiger partial charge in [-0.25, -0.2) is 0 Å². The Hall–Kier alpha value is -2.68. The molecule has 1 aromatic carbocycles. The maximum Gasteiger partial charge on any atom is 0.316 e. The molecular formula is C16H19N5O3S. The summed E-state index contributed by atoms with van der Waals surface area (Å²) in [5.74, 6) is -0.896. The molecule has 8 nitrogen and oxygen atoms in total. The molecule has 0 saturated carbocycles. The standard InChI is InChI=1S/C16H19N5O3S/c1-4-7-17-14(22)9-24-15(23)10-25-16-18-19-20-21(16)13-8-11(2)5-6-12(13)3/h4-6,8H,1,7,9-10H2,2-3H3,(H,17,22). The third-order valence-corrected chi connectivity index (χ3v) is 4.05. The lowest BCUT2D eigenvalue weighted by Gasteiger charge is -2.08. The highest BCUT2D eigenvalue weighted by atomic mass is 32.2. The van der Waals surface area contributed by atoms with Gasteiger partial charge in [0.1, 0.15) is 0 Å². The Morgan fingerprint density at radius 2 is 2.20 bits per heavy atom. The number of rotatable bonds is 8. The molecule has 1 N–H and O–H groups in total. The fourth-order valence-corrected chi connectivity index (χ4v) is 2.60. The second-order valence-electron chi connectivity index (χ2n) is 5.21. The molecule has 2 aromatic rings. The Bertz CT molecular complexity index is 775. The van der Waals surface area contributed by atoms with Crippen molar-refractivity contribution in [2.45, 2.75) is 19.0 Å². The van der Waals surface area contributed by atoms with Crippen molar-refractivity contribution < 1.29 is 14.3 Å². The number of amides is 1. The highest BCUT2D eigenvalue weighted by Crippen LogP contribution is 2.21. The van der Waals surface area contributed by atoms with Gasteiger partial charge in [0.05, 0.1) is 11.4 Å². The molecule has 0 aliphatic carbocycles. The van der Waals surface area contributed by atoms with Crippen LogP contribution in [0.5, 0.6) is 0 Å². The van der Waals surface area contributed by atoms with Gasteiger partial charge in [-0.2, -0.15) is 4.68 Å². The summed E-state index contributed by atoms with van der Waals surface area (Å²) in [5, 5.41) is 14.6. The average molecular weight is 361 g/mol. The maximum absolute atomic E-state index is 11.8. The largest absolute Gasteiger partial charge is 0.455 e. The van der Waals surface area contributed by atoms with Crippen LogP contribution in [0.4, 0.5) is 0 Å². The predicted molar refractivity (Wildman–Crippen MR) is 93.5 cm³/mol. The average Bonchev–Trinajstić information content (AvgIpc) is 3.06. The Kier molecular flexibility index (Phi) is 6.70. The van der Waals surface area contributed by atoms with Gasteiger partial charge in [0.2, 0.25) is 5.16 Å². The van der Waals surface area contributed by atoms with Crippen molar-refractivity contribution in [3.63, 3.8) is 0 Å². The van der Waals surface area contributed by atoms with E-state index in [-0.39, 0.29) is 18.3 Å². The minimum absolute atomic E-state index is 0.0000248. The van der Waals surface area contributed by atoms with Crippen molar-refractivity contribution in [1.29, 1.82) is 0 Å². The first-order valence-corrected chi connectivity index (χ1v) is 8.52. The molecule has 25 heavy (non-hydrogen) atoms. The Balaban J connectivity index is 1.93. The minimum atomic E-state index is -0.519. The maximum atomic E-state index is 11.8. The molecule has 0 aliphatic rings. The molecule has 0 fully saturated rings. The smallest absolute Gasteiger partial charge is 0.316 e. The van der Waals surface area contributed by atoms with E-state index >= 15 is 0 Å². The number of hydrogen-bond acceptors (Lipinski definition) is 7. The summed E-state index contributed by atoms with van der Waals surface area (Å²) >= 11 is 1.15. The summed E-state index contributed by atoms with van der Waals surface area (Å²) in [7, 11) is 0. The van der Waals surface area contributed by atoms with Crippen LogP contribution in [0, 0.1) is 13.8 Å². The van der Waals surface area contributed by atoms with E-state index < -0.39 is 5.97 Å². The number of benzene rings is 1. The molecule has 1 heterocycles. The van der Waals surface area contributed by atoms with Crippen molar-refractivity contribution in [1.82, 2.24) is 25.5 Å². The van der Waals surface area contributed by atoms with Crippen LogP contribution in [0.15, 0.2) is 36.0 Å². The molecule has 0 unspecified atom stereocenters. The van der Waals surface area contributed by atoms with Crippen LogP contribution in [-0.2, 0) is 14.3 Å². The Labute approximate surface area is 149 Å². The van der Waals surface area contributed by atoms with Crippen LogP contribution < -0.4 is 5.32 Å². The second kappa shape index (κ2) is 8.97. The number of ether oxygens (including phenoxy) is 1. The van der Waals surface area contributed by atoms with Crippen LogP contribution in [0.25, 0.3) is 5.69 Å². The van der Waals surface area contributed by atoms with E-state index in [0.717, 1.165) is 28.6 Å². The van der Waals surface area contributed by atoms with E-state index in [9.17, 15) is 9.59 Å². The number of thioether (sulfide) groups is 1. The van der Waals surface area contributed by atoms with Crippen LogP contribution >= 0.6 is 11.8 Å². The molecule has 9 heteroatoms. The first-order chi connectivity index (χ1) is 12.0. The quantitative estimate of drug-likeness (QED) is 0.429. The monoisotopic (exact) mass is 361 g/mol. The lowest BCUT2D eigenvalue weighted by atomic mass is 10.1. The number of carbonyl (C=O) groups is 2. The van der Waals surface area contributed by atoms with Crippen molar-refractivity contribution in [3.05, 3.63) is 42.0 Å². The second-order valence-corrected chi connectivity index (χ2v) is 6.15. The van der Waals surface area contributed by atoms with E-state index in [4.69, 9.17) is 4.74 Å². The molecule has 0 aliphatic heterocycles. The summed E-state index contributed by atoms with van der Waals surface area (Å²) in [6, 6.07) is 5.96. The molecule has 1 aromatic heterocycles. The first kappa shape index (κ1) is 18.7. The number of aromatic nitrogens is 4. The third kappa shape index (κ3) is 5.42. The van der Waals surface area contributed by atoms with E-state index in [1.807, 2.05) is 32.0 Å². The summed E-state index contributed by atoms with van der Waals surface area (Å²) in [5.41, 5.74) is 2.95. The highest BCUT2D eigenvalue weighted by Gasteiger charge is 2.14. The topological polar surface area (TPSA) is 99.0 Å². The number of esters is 1. The van der Waals surface area contributed by atoms with Crippen LogP contribution in [-0.4, -0.2) is 51.0 Å². The van der Waals surface area contributed by atoms with Crippen LogP contribution in [0.2, 0.25) is 0 Å². The summed E-state index contributed by atoms with van der Waals surface area (Å²) in [4.78, 5) is 23.1. The molecule has 0 bridgehead atoms. The number of aryl methyl sites for hydroxylation is 2. The van der Waals surface area contributed by atoms with Gasteiger partial charge in [0.25, 0.3) is 5.91 Å². The van der Waals surface area contributed by atoms with Crippen molar-refractivity contribution in [3.8, 4) is 5.69 Å². The number of nitrogens with zero attached hydrogens (tertiary/aromatic N) is 4. The van der Waals surface area contributed by atoms with E-state index in [2.05, 4.69) is 27.4 Å². The summed E-state index contributed by atoms with van der Waals surface area (Å²) in [6.07, 6.45) is 1.54. The van der Waals surface area contributed by atoms with Gasteiger partial charge in [-0.3, -0.25) is 9.59 Å². The molecule has 1 amide bonds. The SMILES string of the molecule is C=CCNC(=O)COC(=O)CSc1nnnn1-c1cc(C)ccc1C. The van der Waals surface area contributed by atoms with E-state index in [1.54, 1.807) is 10.8 Å². The Morgan fingerprint density at radius 1 is 1.40 bits per heavy atom. The lowest BCUT2D eigenvalue weighted by molar-refractivity contribution is -0.145. The van der Waals surface area contributed by atoms with Gasteiger partial charge in [-0.15, -0.1) is 11.7 Å². The van der Waals surface area contributed by atoms with E-state index in [1.165, 1.54) is 0 Å². The molecule has 0 atom stereocenters. The third-order valence-electron chi connectivity index (χ3n) is 3.16. The fraction of sp³-hybridized carbons (Fsp3) is 0.312. The highest BCUT2D eigenvalue weighted by molar-refractivity contribution is 7.99. The zero-order valence-corrected chi connectivity index (χ0v) is 14.9. The van der Waals surface area contributed by atoms with Crippen molar-refractivity contribution >= 4 is 23.6 Å². The van der Waals surface area contributed by atoms with Gasteiger partial charge < -0.3 is 10.1 Å². The zero-order chi connectivity index (χ0) is 18.2. The van der Waals surface area contributed by atoms with Gasteiger partial charge >= 0.3 is 5.97 Å². The number of hydrogen-bond donors (Lipinski definition) is 1. The minimum Gasteiger partial charge on any atom is -0.455 e. The number of nitrogens with one attached hydrogen (secondary N) is 1. The number of carbonyl (C=O) groups excluding carboxylic acids is 2. The zero-order valence-electron chi connectivity index (χ0n) is 14.1. The fourth-order valence-electron chi connectivity index (χ4n) is 1.92. The normalized spacial score (nSPS) is 10.3. The molecule has 2 rings (SSSR count). The molecule has 0 saturated heterocycles. The van der Waals surface area contributed by atoms with E-state index in [0.29, 0.717) is 11.7 Å². The molecule has 0 radical (unpaired) electrons. The van der Waals surface area contributed by atoms with Crippen molar-refractivity contribution in [2.24, 2.45) is 0 Å². The Morgan fingerprint density at radius 3 is 2.96 bits per heavy atom. The van der Waals surface area contributed by atoms with Crippen LogP contribution in [0.1, 0.15) is 11.1 Å². The molecular weight excluding hydrogens is 342 g/mol. The van der Waals surface area contributed by atoms with Crippen LogP contribution in [0.3, 0.4) is 0 Å². The summed E-state index contributed by atoms with van der Waals surface area (Å²) < 4.78 is 6.48. The first-order valence-electron chi connectivity index (χ1n) is 7.53. The van der Waals surface area contributed by atoms with Gasteiger partial charge in [0, 0.05) is 6.54 Å². The van der Waals surface area contributed by atoms with Crippen molar-refractivity contribution in [2.75, 3.05) is 18.9 Å². The summed E-state index contributed by atoms with van der Waals surface area (Å²) in [6.45, 7) is 7.43. The lowest BCUT2D eigenvalue weighted by Crippen LogP contribution is -2.29. The van der Waals surface area contributed by atoms with Gasteiger partial charge in [-0.1, -0.05) is 30.0 Å². The molecule has 132 valence electrons. The predicted octanol–water partition coefficient (Wildman–Crippen LogP) is 1.22. The number of tetrazole rings is 1. The molecule has 0 spiro atoms.